The van der Waals surface area contributed by atoms with Crippen molar-refractivity contribution < 1.29 is 14.3 Å². The molecule has 1 atom stereocenters. The fourth-order valence-corrected chi connectivity index (χ4v) is 2.08. The Labute approximate surface area is 121 Å². The lowest BCUT2D eigenvalue weighted by molar-refractivity contribution is -0.140. The molecule has 1 amide bonds. The molecule has 0 aromatic rings. The first-order chi connectivity index (χ1) is 8.74. The fourth-order valence-electron chi connectivity index (χ4n) is 2.08. The van der Waals surface area contributed by atoms with Crippen molar-refractivity contribution in [1.82, 2.24) is 10.6 Å². The van der Waals surface area contributed by atoms with Crippen molar-refractivity contribution in [1.29, 1.82) is 0 Å². The molecular weight excluding hydrogens is 268 g/mol. The van der Waals surface area contributed by atoms with Crippen molar-refractivity contribution in [3.8, 4) is 0 Å². The van der Waals surface area contributed by atoms with Crippen LogP contribution >= 0.6 is 12.4 Å². The Kier molecular flexibility index (Phi) is 10.6. The number of methoxy groups -OCH3 is 1. The smallest absolute Gasteiger partial charge is 0.305 e. The molecule has 1 aliphatic rings. The molecule has 1 fully saturated rings. The SMILES string of the molecule is COC(=O)CCCCCNC(=O)C1CCCCN1.Cl. The minimum Gasteiger partial charge on any atom is -0.469 e. The van der Waals surface area contributed by atoms with Crippen molar-refractivity contribution in [2.45, 2.75) is 51.0 Å². The van der Waals surface area contributed by atoms with Crippen LogP contribution in [0.4, 0.5) is 0 Å². The molecule has 6 heteroatoms. The van der Waals surface area contributed by atoms with Gasteiger partial charge in [-0.3, -0.25) is 9.59 Å². The largest absolute Gasteiger partial charge is 0.469 e. The zero-order valence-electron chi connectivity index (χ0n) is 11.6. The summed E-state index contributed by atoms with van der Waals surface area (Å²) >= 11 is 0. The van der Waals surface area contributed by atoms with E-state index in [-0.39, 0.29) is 30.3 Å². The van der Waals surface area contributed by atoms with Crippen molar-refractivity contribution >= 4 is 24.3 Å². The van der Waals surface area contributed by atoms with Crippen molar-refractivity contribution in [3.63, 3.8) is 0 Å². The molecule has 0 aromatic heterocycles. The van der Waals surface area contributed by atoms with E-state index >= 15 is 0 Å². The van der Waals surface area contributed by atoms with E-state index in [4.69, 9.17) is 0 Å². The van der Waals surface area contributed by atoms with Gasteiger partial charge in [-0.25, -0.2) is 0 Å². The second kappa shape index (κ2) is 11.1. The topological polar surface area (TPSA) is 67.4 Å². The number of hydrogen-bond donors (Lipinski definition) is 2. The van der Waals surface area contributed by atoms with Crippen LogP contribution in [0.15, 0.2) is 0 Å². The van der Waals surface area contributed by atoms with Crippen LogP contribution in [0.5, 0.6) is 0 Å². The number of rotatable bonds is 7. The maximum Gasteiger partial charge on any atom is 0.305 e. The zero-order chi connectivity index (χ0) is 13.2. The molecule has 1 saturated heterocycles. The van der Waals surface area contributed by atoms with E-state index in [9.17, 15) is 9.59 Å². The lowest BCUT2D eigenvalue weighted by Crippen LogP contribution is -2.46. The molecule has 0 spiro atoms. The molecule has 1 aliphatic heterocycles. The maximum atomic E-state index is 11.7. The molecule has 0 aliphatic carbocycles. The highest BCUT2D eigenvalue weighted by molar-refractivity contribution is 5.85. The average Bonchev–Trinajstić information content (AvgIpc) is 2.43. The Morgan fingerprint density at radius 2 is 2.05 bits per heavy atom. The van der Waals surface area contributed by atoms with E-state index in [2.05, 4.69) is 15.4 Å². The molecule has 0 radical (unpaired) electrons. The van der Waals surface area contributed by atoms with E-state index in [1.54, 1.807) is 0 Å². The van der Waals surface area contributed by atoms with Crippen LogP contribution in [0.2, 0.25) is 0 Å². The summed E-state index contributed by atoms with van der Waals surface area (Å²) in [7, 11) is 1.40. The van der Waals surface area contributed by atoms with Gasteiger partial charge < -0.3 is 15.4 Å². The van der Waals surface area contributed by atoms with Gasteiger partial charge in [-0.2, -0.15) is 0 Å². The van der Waals surface area contributed by atoms with Gasteiger partial charge in [0, 0.05) is 13.0 Å². The van der Waals surface area contributed by atoms with Gasteiger partial charge in [-0.1, -0.05) is 12.8 Å². The predicted molar refractivity (Wildman–Crippen MR) is 76.4 cm³/mol. The van der Waals surface area contributed by atoms with Crippen molar-refractivity contribution in [3.05, 3.63) is 0 Å². The summed E-state index contributed by atoms with van der Waals surface area (Å²) in [5, 5.41) is 6.16. The van der Waals surface area contributed by atoms with Crippen LogP contribution in [-0.4, -0.2) is 38.1 Å². The number of unbranched alkanes of at least 4 members (excludes halogenated alkanes) is 2. The Morgan fingerprint density at radius 3 is 2.68 bits per heavy atom. The van der Waals surface area contributed by atoms with E-state index in [1.165, 1.54) is 7.11 Å². The predicted octanol–water partition coefficient (Wildman–Crippen LogP) is 1.40. The Hall–Kier alpha value is -0.810. The fraction of sp³-hybridized carbons (Fsp3) is 0.846. The van der Waals surface area contributed by atoms with Crippen LogP contribution in [0.3, 0.4) is 0 Å². The van der Waals surface area contributed by atoms with E-state index < -0.39 is 0 Å². The third-order valence-electron chi connectivity index (χ3n) is 3.21. The molecule has 112 valence electrons. The number of amides is 1. The number of piperidine rings is 1. The summed E-state index contributed by atoms with van der Waals surface area (Å²) in [6, 6.07) is -0.00572. The van der Waals surface area contributed by atoms with Gasteiger partial charge >= 0.3 is 5.97 Å². The number of esters is 1. The Bertz CT molecular complexity index is 269. The Morgan fingerprint density at radius 1 is 1.26 bits per heavy atom. The van der Waals surface area contributed by atoms with Gasteiger partial charge in [0.25, 0.3) is 0 Å². The highest BCUT2D eigenvalue weighted by Crippen LogP contribution is 2.07. The Balaban J connectivity index is 0.00000324. The molecule has 0 aromatic carbocycles. The van der Waals surface area contributed by atoms with Crippen LogP contribution in [0.25, 0.3) is 0 Å². The molecule has 0 bridgehead atoms. The first-order valence-electron chi connectivity index (χ1n) is 6.82. The second-order valence-electron chi connectivity index (χ2n) is 4.68. The number of nitrogens with one attached hydrogen (secondary N) is 2. The van der Waals surface area contributed by atoms with Crippen molar-refractivity contribution in [2.75, 3.05) is 20.2 Å². The molecular formula is C13H25ClN2O3. The van der Waals surface area contributed by atoms with Gasteiger partial charge in [0.05, 0.1) is 13.2 Å². The number of halogens is 1. The standard InChI is InChI=1S/C13H24N2O3.ClH/c1-18-12(16)8-3-2-5-10-15-13(17)11-7-4-6-9-14-11;/h11,14H,2-10H2,1H3,(H,15,17);1H. The summed E-state index contributed by atoms with van der Waals surface area (Å²) < 4.78 is 4.56. The third-order valence-corrected chi connectivity index (χ3v) is 3.21. The monoisotopic (exact) mass is 292 g/mol. The number of ether oxygens (including phenoxy) is 1. The van der Waals surface area contributed by atoms with Gasteiger partial charge in [0.2, 0.25) is 5.91 Å². The first kappa shape index (κ1) is 18.2. The third kappa shape index (κ3) is 8.06. The summed E-state index contributed by atoms with van der Waals surface area (Å²) in [5.41, 5.74) is 0. The molecule has 1 rings (SSSR count). The highest BCUT2D eigenvalue weighted by Gasteiger charge is 2.19. The normalized spacial score (nSPS) is 18.3. The highest BCUT2D eigenvalue weighted by atomic mass is 35.5. The van der Waals surface area contributed by atoms with Gasteiger partial charge in [0.15, 0.2) is 0 Å². The van der Waals surface area contributed by atoms with E-state index in [0.29, 0.717) is 13.0 Å². The zero-order valence-corrected chi connectivity index (χ0v) is 12.4. The van der Waals surface area contributed by atoms with Crippen LogP contribution < -0.4 is 10.6 Å². The van der Waals surface area contributed by atoms with Crippen LogP contribution in [0.1, 0.15) is 44.9 Å². The van der Waals surface area contributed by atoms with Gasteiger partial charge in [0.1, 0.15) is 0 Å². The van der Waals surface area contributed by atoms with E-state index in [0.717, 1.165) is 45.1 Å². The van der Waals surface area contributed by atoms with Crippen LogP contribution in [0, 0.1) is 0 Å². The van der Waals surface area contributed by atoms with E-state index in [1.807, 2.05) is 0 Å². The average molecular weight is 293 g/mol. The van der Waals surface area contributed by atoms with Gasteiger partial charge in [-0.05, 0) is 32.2 Å². The number of carbonyl (C=O) groups is 2. The molecule has 1 heterocycles. The van der Waals surface area contributed by atoms with Gasteiger partial charge in [-0.15, -0.1) is 12.4 Å². The van der Waals surface area contributed by atoms with Crippen molar-refractivity contribution in [2.24, 2.45) is 0 Å². The summed E-state index contributed by atoms with van der Waals surface area (Å²) in [5.74, 6) is -0.0480. The molecule has 19 heavy (non-hydrogen) atoms. The molecule has 1 unspecified atom stereocenters. The van der Waals surface area contributed by atoms with Crippen LogP contribution in [-0.2, 0) is 14.3 Å². The summed E-state index contributed by atoms with van der Waals surface area (Å²) in [6.07, 6.45) is 6.37. The quantitative estimate of drug-likeness (QED) is 0.550. The minimum atomic E-state index is -0.162. The molecule has 5 nitrogen and oxygen atoms in total. The lowest BCUT2D eigenvalue weighted by atomic mass is 10.0. The maximum absolute atomic E-state index is 11.7. The number of carbonyl (C=O) groups excluding carboxylic acids is 2. The summed E-state index contributed by atoms with van der Waals surface area (Å²) in [4.78, 5) is 22.6. The number of hydrogen-bond acceptors (Lipinski definition) is 4. The summed E-state index contributed by atoms with van der Waals surface area (Å²) in [6.45, 7) is 1.63. The minimum absolute atomic E-state index is 0. The molecule has 2 N–H and O–H groups in total. The first-order valence-corrected chi connectivity index (χ1v) is 6.82. The molecule has 0 saturated carbocycles. The lowest BCUT2D eigenvalue weighted by Gasteiger charge is -2.22. The second-order valence-corrected chi connectivity index (χ2v) is 4.68.